The molecular formula is C8H9NO4. The third-order valence-electron chi connectivity index (χ3n) is 1.51. The largest absolute Gasteiger partial charge is 0.616 e. The highest BCUT2D eigenvalue weighted by atomic mass is 16.5. The van der Waals surface area contributed by atoms with Crippen LogP contribution in [0.3, 0.4) is 0 Å². The number of carbonyl (C=O) groups excluding carboxylic acids is 1. The van der Waals surface area contributed by atoms with E-state index in [-0.39, 0.29) is 11.4 Å². The van der Waals surface area contributed by atoms with Crippen LogP contribution in [0.15, 0.2) is 18.3 Å². The van der Waals surface area contributed by atoms with E-state index in [1.54, 1.807) is 0 Å². The summed E-state index contributed by atoms with van der Waals surface area (Å²) in [6, 6.07) is 2.86. The number of aromatic nitrogens is 1. The van der Waals surface area contributed by atoms with Crippen molar-refractivity contribution in [2.75, 3.05) is 14.2 Å². The molecule has 0 amide bonds. The van der Waals surface area contributed by atoms with Gasteiger partial charge in [-0.05, 0) is 6.07 Å². The van der Waals surface area contributed by atoms with Gasteiger partial charge in [-0.25, -0.2) is 4.79 Å². The Morgan fingerprint density at radius 1 is 1.46 bits per heavy atom. The van der Waals surface area contributed by atoms with E-state index in [1.807, 2.05) is 0 Å². The van der Waals surface area contributed by atoms with Crippen molar-refractivity contribution in [1.29, 1.82) is 0 Å². The van der Waals surface area contributed by atoms with E-state index in [0.29, 0.717) is 4.73 Å². The molecule has 0 aliphatic heterocycles. The van der Waals surface area contributed by atoms with E-state index in [0.717, 1.165) is 6.20 Å². The number of carbonyl (C=O) groups is 1. The number of pyridine rings is 1. The van der Waals surface area contributed by atoms with Crippen molar-refractivity contribution in [3.8, 4) is 5.88 Å². The molecule has 5 heteroatoms. The van der Waals surface area contributed by atoms with Crippen LogP contribution < -0.4 is 9.47 Å². The standard InChI is InChI=1S/C8H9NO4/c1-12-7-4-3-6(5-9(7)11)8(10)13-2/h3-5H,1-2H3. The number of hydrogen-bond acceptors (Lipinski definition) is 4. The summed E-state index contributed by atoms with van der Waals surface area (Å²) in [5, 5.41) is 11.1. The molecule has 13 heavy (non-hydrogen) atoms. The maximum Gasteiger partial charge on any atom is 0.379 e. The highest BCUT2D eigenvalue weighted by molar-refractivity contribution is 5.88. The molecule has 0 radical (unpaired) electrons. The predicted octanol–water partition coefficient (Wildman–Crippen LogP) is 0.115. The summed E-state index contributed by atoms with van der Waals surface area (Å²) >= 11 is 0. The van der Waals surface area contributed by atoms with Gasteiger partial charge in [-0.1, -0.05) is 0 Å². The SMILES string of the molecule is COC(=O)c1ccc(OC)[n+]([O-])c1. The molecule has 1 aromatic heterocycles. The predicted molar refractivity (Wildman–Crippen MR) is 43.3 cm³/mol. The zero-order chi connectivity index (χ0) is 9.84. The van der Waals surface area contributed by atoms with Gasteiger partial charge in [0.15, 0.2) is 6.20 Å². The second-order valence-corrected chi connectivity index (χ2v) is 2.28. The van der Waals surface area contributed by atoms with Gasteiger partial charge in [-0.2, -0.15) is 0 Å². The van der Waals surface area contributed by atoms with Crippen molar-refractivity contribution in [1.82, 2.24) is 0 Å². The van der Waals surface area contributed by atoms with Gasteiger partial charge in [0.25, 0.3) is 0 Å². The summed E-state index contributed by atoms with van der Waals surface area (Å²) in [6.45, 7) is 0. The Balaban J connectivity index is 3.02. The van der Waals surface area contributed by atoms with E-state index < -0.39 is 5.97 Å². The molecule has 0 N–H and O–H groups in total. The van der Waals surface area contributed by atoms with E-state index in [4.69, 9.17) is 4.74 Å². The molecule has 1 aromatic rings. The van der Waals surface area contributed by atoms with E-state index in [2.05, 4.69) is 4.74 Å². The first kappa shape index (κ1) is 9.31. The smallest absolute Gasteiger partial charge is 0.379 e. The molecule has 1 rings (SSSR count). The van der Waals surface area contributed by atoms with Crippen LogP contribution in [0.4, 0.5) is 0 Å². The van der Waals surface area contributed by atoms with E-state index in [1.165, 1.54) is 26.4 Å². The van der Waals surface area contributed by atoms with Crippen LogP contribution in [0.5, 0.6) is 5.88 Å². The molecule has 0 unspecified atom stereocenters. The number of hydrogen-bond donors (Lipinski definition) is 0. The summed E-state index contributed by atoms with van der Waals surface area (Å²) in [6.07, 6.45) is 1.10. The van der Waals surface area contributed by atoms with Crippen molar-refractivity contribution in [3.05, 3.63) is 29.1 Å². The summed E-state index contributed by atoms with van der Waals surface area (Å²) in [5.41, 5.74) is 0.193. The fraction of sp³-hybridized carbons (Fsp3) is 0.250. The first-order valence-corrected chi connectivity index (χ1v) is 3.54. The Hall–Kier alpha value is -1.78. The maximum absolute atomic E-state index is 11.1. The monoisotopic (exact) mass is 183 g/mol. The molecular weight excluding hydrogens is 174 g/mol. The number of ether oxygens (including phenoxy) is 2. The van der Waals surface area contributed by atoms with Crippen molar-refractivity contribution >= 4 is 5.97 Å². The van der Waals surface area contributed by atoms with Gasteiger partial charge < -0.3 is 14.7 Å². The van der Waals surface area contributed by atoms with Crippen LogP contribution >= 0.6 is 0 Å². The molecule has 0 atom stereocenters. The Morgan fingerprint density at radius 3 is 2.62 bits per heavy atom. The molecule has 0 aromatic carbocycles. The summed E-state index contributed by atoms with van der Waals surface area (Å²) in [4.78, 5) is 11.0. The highest BCUT2D eigenvalue weighted by Gasteiger charge is 2.12. The van der Waals surface area contributed by atoms with Crippen LogP contribution in [-0.2, 0) is 4.74 Å². The van der Waals surface area contributed by atoms with Gasteiger partial charge in [0, 0.05) is 0 Å². The second-order valence-electron chi connectivity index (χ2n) is 2.28. The summed E-state index contributed by atoms with van der Waals surface area (Å²) < 4.78 is 9.61. The molecule has 0 saturated carbocycles. The van der Waals surface area contributed by atoms with Gasteiger partial charge in [-0.3, -0.25) is 0 Å². The van der Waals surface area contributed by atoms with Crippen molar-refractivity contribution in [3.63, 3.8) is 0 Å². The number of methoxy groups -OCH3 is 2. The third-order valence-corrected chi connectivity index (χ3v) is 1.51. The normalized spacial score (nSPS) is 9.38. The summed E-state index contributed by atoms with van der Waals surface area (Å²) in [5.74, 6) is -0.417. The molecule has 0 aliphatic carbocycles. The van der Waals surface area contributed by atoms with Crippen molar-refractivity contribution in [2.45, 2.75) is 0 Å². The molecule has 0 saturated heterocycles. The summed E-state index contributed by atoms with van der Waals surface area (Å²) in [7, 11) is 2.63. The Morgan fingerprint density at radius 2 is 2.15 bits per heavy atom. The minimum absolute atomic E-state index is 0.132. The quantitative estimate of drug-likeness (QED) is 0.371. The minimum Gasteiger partial charge on any atom is -0.616 e. The Labute approximate surface area is 75.1 Å². The fourth-order valence-corrected chi connectivity index (χ4v) is 0.864. The lowest BCUT2D eigenvalue weighted by Gasteiger charge is -2.03. The minimum atomic E-state index is -0.549. The van der Waals surface area contributed by atoms with Crippen molar-refractivity contribution < 1.29 is 19.0 Å². The third kappa shape index (κ3) is 1.87. The number of esters is 1. The van der Waals surface area contributed by atoms with Crippen LogP contribution in [-0.4, -0.2) is 20.2 Å². The van der Waals surface area contributed by atoms with Gasteiger partial charge >= 0.3 is 11.8 Å². The lowest BCUT2D eigenvalue weighted by Crippen LogP contribution is -2.29. The number of nitrogens with zero attached hydrogens (tertiary/aromatic N) is 1. The van der Waals surface area contributed by atoms with Gasteiger partial charge in [-0.15, -0.1) is 4.73 Å². The molecule has 0 bridgehead atoms. The van der Waals surface area contributed by atoms with Crippen LogP contribution in [0.2, 0.25) is 0 Å². The lowest BCUT2D eigenvalue weighted by atomic mass is 10.3. The first-order chi connectivity index (χ1) is 6.19. The fourth-order valence-electron chi connectivity index (χ4n) is 0.864. The first-order valence-electron chi connectivity index (χ1n) is 3.54. The van der Waals surface area contributed by atoms with Crippen molar-refractivity contribution in [2.24, 2.45) is 0 Å². The zero-order valence-corrected chi connectivity index (χ0v) is 7.31. The van der Waals surface area contributed by atoms with Gasteiger partial charge in [0.1, 0.15) is 5.56 Å². The Kier molecular flexibility index (Phi) is 2.69. The average Bonchev–Trinajstić information content (AvgIpc) is 2.16. The molecule has 0 aliphatic rings. The zero-order valence-electron chi connectivity index (χ0n) is 7.31. The molecule has 0 spiro atoms. The average molecular weight is 183 g/mol. The van der Waals surface area contributed by atoms with E-state index >= 15 is 0 Å². The number of rotatable bonds is 2. The molecule has 1 heterocycles. The molecule has 70 valence electrons. The van der Waals surface area contributed by atoms with E-state index in [9.17, 15) is 10.0 Å². The second kappa shape index (κ2) is 3.75. The van der Waals surface area contributed by atoms with Crippen LogP contribution in [0.1, 0.15) is 10.4 Å². The lowest BCUT2D eigenvalue weighted by molar-refractivity contribution is -0.612. The van der Waals surface area contributed by atoms with Gasteiger partial charge in [0.05, 0.1) is 20.3 Å². The van der Waals surface area contributed by atoms with Gasteiger partial charge in [0.2, 0.25) is 0 Å². The molecule has 0 fully saturated rings. The maximum atomic E-state index is 11.1. The van der Waals surface area contributed by atoms with Crippen LogP contribution in [0, 0.1) is 5.21 Å². The van der Waals surface area contributed by atoms with Crippen LogP contribution in [0.25, 0.3) is 0 Å². The molecule has 5 nitrogen and oxygen atoms in total. The topological polar surface area (TPSA) is 62.5 Å². The Bertz CT molecular complexity index is 324. The highest BCUT2D eigenvalue weighted by Crippen LogP contribution is 2.05.